The van der Waals surface area contributed by atoms with E-state index >= 15 is 0 Å². The minimum Gasteiger partial charge on any atom is -0.368 e. The predicted molar refractivity (Wildman–Crippen MR) is 86.4 cm³/mol. The Kier molecular flexibility index (Phi) is 3.04. The van der Waals surface area contributed by atoms with Crippen LogP contribution in [-0.4, -0.2) is 26.4 Å². The smallest absolute Gasteiger partial charge is 0.178 e. The molecule has 0 amide bonds. The summed E-state index contributed by atoms with van der Waals surface area (Å²) in [6, 6.07) is 12.0. The van der Waals surface area contributed by atoms with Crippen LogP contribution in [0.1, 0.15) is 24.2 Å². The highest BCUT2D eigenvalue weighted by molar-refractivity contribution is 6.30. The van der Waals surface area contributed by atoms with Crippen molar-refractivity contribution >= 4 is 23.1 Å². The zero-order chi connectivity index (χ0) is 15.2. The number of rotatable bonds is 4. The van der Waals surface area contributed by atoms with E-state index in [1.165, 1.54) is 18.4 Å². The molecule has 0 aliphatic heterocycles. The maximum absolute atomic E-state index is 5.97. The summed E-state index contributed by atoms with van der Waals surface area (Å²) < 4.78 is 1.75. The predicted octanol–water partition coefficient (Wildman–Crippen LogP) is 3.23. The molecule has 1 aromatic carbocycles. The van der Waals surface area contributed by atoms with Crippen LogP contribution in [0.2, 0.25) is 5.02 Å². The standard InChI is InChI=1S/C16H16ClN5/c1-11-19-20-15-7-6-14(21-22(11)15)18-10-16(8-9-16)12-2-4-13(17)5-3-12/h2-7H,8-10H2,1H3,(H,18,21). The molecule has 4 rings (SSSR count). The average Bonchev–Trinajstić information content (AvgIpc) is 3.24. The first kappa shape index (κ1) is 13.5. The largest absolute Gasteiger partial charge is 0.368 e. The summed E-state index contributed by atoms with van der Waals surface area (Å²) in [5, 5.41) is 16.8. The van der Waals surface area contributed by atoms with Gasteiger partial charge in [-0.05, 0) is 49.6 Å². The minimum atomic E-state index is 0.212. The van der Waals surface area contributed by atoms with Gasteiger partial charge < -0.3 is 5.32 Å². The van der Waals surface area contributed by atoms with Crippen LogP contribution >= 0.6 is 11.6 Å². The van der Waals surface area contributed by atoms with Gasteiger partial charge in [0.15, 0.2) is 11.5 Å². The van der Waals surface area contributed by atoms with Gasteiger partial charge in [0.25, 0.3) is 0 Å². The molecule has 2 heterocycles. The lowest BCUT2D eigenvalue weighted by atomic mass is 9.96. The molecule has 0 saturated heterocycles. The summed E-state index contributed by atoms with van der Waals surface area (Å²) in [7, 11) is 0. The van der Waals surface area contributed by atoms with Crippen molar-refractivity contribution in [3.05, 3.63) is 52.8 Å². The number of hydrogen-bond acceptors (Lipinski definition) is 4. The van der Waals surface area contributed by atoms with Gasteiger partial charge in [-0.2, -0.15) is 4.52 Å². The fourth-order valence-electron chi connectivity index (χ4n) is 2.77. The monoisotopic (exact) mass is 313 g/mol. The van der Waals surface area contributed by atoms with Gasteiger partial charge in [0.2, 0.25) is 0 Å². The van der Waals surface area contributed by atoms with Crippen LogP contribution in [-0.2, 0) is 5.41 Å². The quantitative estimate of drug-likeness (QED) is 0.803. The van der Waals surface area contributed by atoms with E-state index < -0.39 is 0 Å². The topological polar surface area (TPSA) is 55.1 Å². The molecular formula is C16H16ClN5. The number of benzene rings is 1. The molecule has 112 valence electrons. The first-order valence-corrected chi connectivity index (χ1v) is 7.73. The van der Waals surface area contributed by atoms with Gasteiger partial charge >= 0.3 is 0 Å². The van der Waals surface area contributed by atoms with Crippen molar-refractivity contribution in [2.45, 2.75) is 25.2 Å². The first-order chi connectivity index (χ1) is 10.7. The summed E-state index contributed by atoms with van der Waals surface area (Å²) in [5.41, 5.74) is 2.32. The van der Waals surface area contributed by atoms with Gasteiger partial charge in [0, 0.05) is 17.0 Å². The van der Waals surface area contributed by atoms with Crippen molar-refractivity contribution in [3.8, 4) is 0 Å². The van der Waals surface area contributed by atoms with Crippen molar-refractivity contribution < 1.29 is 0 Å². The lowest BCUT2D eigenvalue weighted by Gasteiger charge is -2.17. The number of nitrogens with zero attached hydrogens (tertiary/aromatic N) is 4. The number of aromatic nitrogens is 4. The zero-order valence-corrected chi connectivity index (χ0v) is 13.0. The van der Waals surface area contributed by atoms with Crippen molar-refractivity contribution in [3.63, 3.8) is 0 Å². The van der Waals surface area contributed by atoms with Gasteiger partial charge in [0.05, 0.1) is 0 Å². The minimum absolute atomic E-state index is 0.212. The molecule has 5 nitrogen and oxygen atoms in total. The van der Waals surface area contributed by atoms with E-state index in [0.29, 0.717) is 0 Å². The van der Waals surface area contributed by atoms with Gasteiger partial charge in [-0.3, -0.25) is 0 Å². The Bertz CT molecular complexity index is 820. The van der Waals surface area contributed by atoms with Crippen molar-refractivity contribution in [2.24, 2.45) is 0 Å². The molecule has 1 aliphatic carbocycles. The van der Waals surface area contributed by atoms with Crippen molar-refractivity contribution in [1.82, 2.24) is 19.8 Å². The van der Waals surface area contributed by atoms with E-state index in [-0.39, 0.29) is 5.41 Å². The maximum atomic E-state index is 5.97. The Balaban J connectivity index is 1.53. The van der Waals surface area contributed by atoms with Crippen LogP contribution < -0.4 is 5.32 Å². The molecule has 0 bridgehead atoms. The first-order valence-electron chi connectivity index (χ1n) is 7.35. The molecule has 1 saturated carbocycles. The Morgan fingerprint density at radius 3 is 2.64 bits per heavy atom. The average molecular weight is 314 g/mol. The number of anilines is 1. The molecule has 1 N–H and O–H groups in total. The van der Waals surface area contributed by atoms with Gasteiger partial charge in [-0.15, -0.1) is 15.3 Å². The molecular weight excluding hydrogens is 298 g/mol. The van der Waals surface area contributed by atoms with Crippen LogP contribution in [0.25, 0.3) is 5.65 Å². The number of hydrogen-bond donors (Lipinski definition) is 1. The lowest BCUT2D eigenvalue weighted by molar-refractivity contribution is 0.726. The van der Waals surface area contributed by atoms with Gasteiger partial charge in [-0.25, -0.2) is 0 Å². The molecule has 1 aliphatic rings. The highest BCUT2D eigenvalue weighted by Crippen LogP contribution is 2.48. The zero-order valence-electron chi connectivity index (χ0n) is 12.3. The second-order valence-corrected chi connectivity index (χ2v) is 6.31. The van der Waals surface area contributed by atoms with E-state index in [1.54, 1.807) is 4.52 Å². The highest BCUT2D eigenvalue weighted by atomic mass is 35.5. The molecule has 0 unspecified atom stereocenters. The second-order valence-electron chi connectivity index (χ2n) is 5.88. The fourth-order valence-corrected chi connectivity index (χ4v) is 2.90. The summed E-state index contributed by atoms with van der Waals surface area (Å²) in [4.78, 5) is 0. The van der Waals surface area contributed by atoms with E-state index in [1.807, 2.05) is 31.2 Å². The highest BCUT2D eigenvalue weighted by Gasteiger charge is 2.43. The van der Waals surface area contributed by atoms with Crippen LogP contribution in [0.15, 0.2) is 36.4 Å². The Hall–Kier alpha value is -2.14. The molecule has 0 spiro atoms. The molecule has 6 heteroatoms. The van der Waals surface area contributed by atoms with Gasteiger partial charge in [-0.1, -0.05) is 23.7 Å². The SMILES string of the molecule is Cc1nnc2ccc(NCC3(c4ccc(Cl)cc4)CC3)nn12. The number of fused-ring (bicyclic) bond motifs is 1. The van der Waals surface area contributed by atoms with Crippen LogP contribution in [0, 0.1) is 6.92 Å². The summed E-state index contributed by atoms with van der Waals surface area (Å²) >= 11 is 5.97. The van der Waals surface area contributed by atoms with E-state index in [2.05, 4.69) is 32.7 Å². The maximum Gasteiger partial charge on any atom is 0.178 e. The van der Waals surface area contributed by atoms with Crippen LogP contribution in [0.4, 0.5) is 5.82 Å². The number of nitrogens with one attached hydrogen (secondary N) is 1. The Morgan fingerprint density at radius 1 is 1.14 bits per heavy atom. The second kappa shape index (κ2) is 4.95. The molecule has 22 heavy (non-hydrogen) atoms. The van der Waals surface area contributed by atoms with E-state index in [0.717, 1.165) is 28.9 Å². The fraction of sp³-hybridized carbons (Fsp3) is 0.312. The van der Waals surface area contributed by atoms with Crippen molar-refractivity contribution in [1.29, 1.82) is 0 Å². The summed E-state index contributed by atoms with van der Waals surface area (Å²) in [6.45, 7) is 2.77. The third-order valence-electron chi connectivity index (χ3n) is 4.34. The molecule has 0 atom stereocenters. The molecule has 1 fully saturated rings. The number of aryl methyl sites for hydroxylation is 1. The van der Waals surface area contributed by atoms with E-state index in [4.69, 9.17) is 11.6 Å². The summed E-state index contributed by atoms with van der Waals surface area (Å²) in [6.07, 6.45) is 2.38. The molecule has 0 radical (unpaired) electrons. The third-order valence-corrected chi connectivity index (χ3v) is 4.59. The number of halogens is 1. The normalized spacial score (nSPS) is 15.9. The Labute approximate surface area is 133 Å². The van der Waals surface area contributed by atoms with Crippen LogP contribution in [0.5, 0.6) is 0 Å². The lowest BCUT2D eigenvalue weighted by Crippen LogP contribution is -2.20. The Morgan fingerprint density at radius 2 is 1.91 bits per heavy atom. The third kappa shape index (κ3) is 2.31. The van der Waals surface area contributed by atoms with Crippen molar-refractivity contribution in [2.75, 3.05) is 11.9 Å². The summed E-state index contributed by atoms with van der Waals surface area (Å²) in [5.74, 6) is 1.63. The van der Waals surface area contributed by atoms with Gasteiger partial charge in [0.1, 0.15) is 5.82 Å². The molecule has 2 aromatic heterocycles. The molecule has 3 aromatic rings. The van der Waals surface area contributed by atoms with Crippen LogP contribution in [0.3, 0.4) is 0 Å². The van der Waals surface area contributed by atoms with E-state index in [9.17, 15) is 0 Å².